The van der Waals surface area contributed by atoms with Gasteiger partial charge in [-0.2, -0.15) is 0 Å². The third kappa shape index (κ3) is 2.69. The maximum atomic E-state index is 12.1. The molecule has 6 heteroatoms. The van der Waals surface area contributed by atoms with E-state index < -0.39 is 28.9 Å². The monoisotopic (exact) mass is 256 g/mol. The van der Waals surface area contributed by atoms with Crippen LogP contribution in [0.25, 0.3) is 0 Å². The van der Waals surface area contributed by atoms with Gasteiger partial charge in [-0.1, -0.05) is 0 Å². The Kier molecular flexibility index (Phi) is 3.81. The van der Waals surface area contributed by atoms with E-state index in [9.17, 15) is 14.4 Å². The molecule has 0 bridgehead atoms. The largest absolute Gasteiger partial charge is 0.374 e. The normalized spacial score (nSPS) is 20.1. The Morgan fingerprint density at radius 1 is 1.28 bits per heavy atom. The molecule has 0 aromatic rings. The molecule has 1 aliphatic rings. The van der Waals surface area contributed by atoms with Crippen molar-refractivity contribution in [3.8, 4) is 0 Å². The summed E-state index contributed by atoms with van der Waals surface area (Å²) in [6.45, 7) is 9.02. The first kappa shape index (κ1) is 14.6. The summed E-state index contributed by atoms with van der Waals surface area (Å²) in [5, 5.41) is 2.19. The van der Waals surface area contributed by atoms with Gasteiger partial charge in [-0.05, 0) is 34.6 Å². The van der Waals surface area contributed by atoms with Crippen molar-refractivity contribution >= 4 is 17.8 Å². The summed E-state index contributed by atoms with van der Waals surface area (Å²) in [4.78, 5) is 36.4. The summed E-state index contributed by atoms with van der Waals surface area (Å²) in [7, 11) is 0. The summed E-state index contributed by atoms with van der Waals surface area (Å²) in [5.74, 6) is -1.06. The molecule has 1 aliphatic heterocycles. The first-order chi connectivity index (χ1) is 8.12. The Labute approximate surface area is 107 Å². The maximum Gasteiger partial charge on any atom is 0.330 e. The SMILES string of the molecule is CCOC(C)(C)CN1C(=O)NC(=O)C(C)(C)C1=O. The Bertz CT molecular complexity index is 388. The number of imide groups is 2. The van der Waals surface area contributed by atoms with Crippen molar-refractivity contribution in [1.82, 2.24) is 10.2 Å². The number of ether oxygens (including phenoxy) is 1. The first-order valence-corrected chi connectivity index (χ1v) is 5.93. The molecular weight excluding hydrogens is 236 g/mol. The maximum absolute atomic E-state index is 12.1. The van der Waals surface area contributed by atoms with Crippen molar-refractivity contribution in [2.24, 2.45) is 5.41 Å². The zero-order valence-electron chi connectivity index (χ0n) is 11.5. The number of carbonyl (C=O) groups excluding carboxylic acids is 3. The number of nitrogens with one attached hydrogen (secondary N) is 1. The molecule has 0 saturated carbocycles. The van der Waals surface area contributed by atoms with E-state index in [1.165, 1.54) is 13.8 Å². The molecule has 1 saturated heterocycles. The summed E-state index contributed by atoms with van der Waals surface area (Å²) in [6.07, 6.45) is 0. The highest BCUT2D eigenvalue weighted by molar-refractivity contribution is 6.18. The van der Waals surface area contributed by atoms with E-state index in [1.807, 2.05) is 6.92 Å². The molecule has 1 heterocycles. The number of urea groups is 1. The molecule has 0 aromatic heterocycles. The van der Waals surface area contributed by atoms with E-state index in [2.05, 4.69) is 5.32 Å². The lowest BCUT2D eigenvalue weighted by molar-refractivity contribution is -0.151. The van der Waals surface area contributed by atoms with E-state index in [0.29, 0.717) is 6.61 Å². The van der Waals surface area contributed by atoms with Crippen molar-refractivity contribution < 1.29 is 19.1 Å². The predicted octanol–water partition coefficient (Wildman–Crippen LogP) is 0.906. The van der Waals surface area contributed by atoms with Crippen LogP contribution in [0.3, 0.4) is 0 Å². The minimum Gasteiger partial charge on any atom is -0.374 e. The Balaban J connectivity index is 2.92. The number of nitrogens with zero attached hydrogens (tertiary/aromatic N) is 1. The second-order valence-corrected chi connectivity index (χ2v) is 5.47. The van der Waals surface area contributed by atoms with Crippen LogP contribution in [0.15, 0.2) is 0 Å². The third-order valence-corrected chi connectivity index (χ3v) is 2.89. The molecule has 0 aromatic carbocycles. The van der Waals surface area contributed by atoms with Gasteiger partial charge in [0.25, 0.3) is 0 Å². The lowest BCUT2D eigenvalue weighted by Crippen LogP contribution is -2.64. The smallest absolute Gasteiger partial charge is 0.330 e. The lowest BCUT2D eigenvalue weighted by atomic mass is 9.88. The molecule has 1 fully saturated rings. The molecule has 1 rings (SSSR count). The summed E-state index contributed by atoms with van der Waals surface area (Å²) in [5.41, 5.74) is -1.87. The highest BCUT2D eigenvalue weighted by atomic mass is 16.5. The van der Waals surface area contributed by atoms with Crippen LogP contribution in [0.1, 0.15) is 34.6 Å². The molecule has 1 N–H and O–H groups in total. The van der Waals surface area contributed by atoms with Gasteiger partial charge in [-0.25, -0.2) is 4.79 Å². The standard InChI is InChI=1S/C12H20N2O4/c1-6-18-11(2,3)7-14-9(16)12(4,5)8(15)13-10(14)17/h6-7H2,1-5H3,(H,13,15,17). The third-order valence-electron chi connectivity index (χ3n) is 2.89. The van der Waals surface area contributed by atoms with Gasteiger partial charge in [0.1, 0.15) is 5.41 Å². The highest BCUT2D eigenvalue weighted by Crippen LogP contribution is 2.25. The number of carbonyl (C=O) groups is 3. The predicted molar refractivity (Wildman–Crippen MR) is 64.7 cm³/mol. The van der Waals surface area contributed by atoms with Crippen molar-refractivity contribution in [1.29, 1.82) is 0 Å². The number of rotatable bonds is 4. The second-order valence-electron chi connectivity index (χ2n) is 5.47. The average Bonchev–Trinajstić information content (AvgIpc) is 2.22. The van der Waals surface area contributed by atoms with Crippen molar-refractivity contribution in [3.63, 3.8) is 0 Å². The fraction of sp³-hybridized carbons (Fsp3) is 0.750. The lowest BCUT2D eigenvalue weighted by Gasteiger charge is -2.38. The quantitative estimate of drug-likeness (QED) is 0.758. The first-order valence-electron chi connectivity index (χ1n) is 5.93. The fourth-order valence-corrected chi connectivity index (χ4v) is 1.81. The van der Waals surface area contributed by atoms with Crippen LogP contribution >= 0.6 is 0 Å². The zero-order chi connectivity index (χ0) is 14.1. The zero-order valence-corrected chi connectivity index (χ0v) is 11.5. The van der Waals surface area contributed by atoms with Gasteiger partial charge in [-0.15, -0.1) is 0 Å². The number of hydrogen-bond donors (Lipinski definition) is 1. The summed E-state index contributed by atoms with van der Waals surface area (Å²) >= 11 is 0. The van der Waals surface area contributed by atoms with Crippen LogP contribution in [0.2, 0.25) is 0 Å². The van der Waals surface area contributed by atoms with E-state index in [0.717, 1.165) is 4.90 Å². The van der Waals surface area contributed by atoms with E-state index in [1.54, 1.807) is 13.8 Å². The van der Waals surface area contributed by atoms with Crippen LogP contribution in [0.4, 0.5) is 4.79 Å². The van der Waals surface area contributed by atoms with Gasteiger partial charge in [0.2, 0.25) is 11.8 Å². The molecule has 0 unspecified atom stereocenters. The second kappa shape index (κ2) is 4.68. The van der Waals surface area contributed by atoms with Crippen LogP contribution in [-0.2, 0) is 14.3 Å². The molecule has 0 aliphatic carbocycles. The Morgan fingerprint density at radius 3 is 2.33 bits per heavy atom. The van der Waals surface area contributed by atoms with Gasteiger partial charge in [-0.3, -0.25) is 19.8 Å². The van der Waals surface area contributed by atoms with Crippen molar-refractivity contribution in [2.75, 3.05) is 13.2 Å². The average molecular weight is 256 g/mol. The highest BCUT2D eigenvalue weighted by Gasteiger charge is 2.48. The van der Waals surface area contributed by atoms with Gasteiger partial charge in [0, 0.05) is 6.61 Å². The molecule has 4 amide bonds. The minimum absolute atomic E-state index is 0.113. The van der Waals surface area contributed by atoms with Gasteiger partial charge >= 0.3 is 6.03 Å². The molecular formula is C12H20N2O4. The van der Waals surface area contributed by atoms with Gasteiger partial charge < -0.3 is 4.74 Å². The van der Waals surface area contributed by atoms with Gasteiger partial charge in [0.05, 0.1) is 12.1 Å². The van der Waals surface area contributed by atoms with E-state index >= 15 is 0 Å². The van der Waals surface area contributed by atoms with E-state index in [4.69, 9.17) is 4.74 Å². The molecule has 0 atom stereocenters. The van der Waals surface area contributed by atoms with Crippen LogP contribution < -0.4 is 5.32 Å². The number of amides is 4. The Morgan fingerprint density at radius 2 is 1.83 bits per heavy atom. The molecule has 102 valence electrons. The summed E-state index contributed by atoms with van der Waals surface area (Å²) < 4.78 is 5.46. The molecule has 6 nitrogen and oxygen atoms in total. The number of hydrogen-bond acceptors (Lipinski definition) is 4. The summed E-state index contributed by atoms with van der Waals surface area (Å²) in [6, 6.07) is -0.683. The van der Waals surface area contributed by atoms with Crippen molar-refractivity contribution in [2.45, 2.75) is 40.2 Å². The molecule has 0 spiro atoms. The van der Waals surface area contributed by atoms with Crippen LogP contribution in [0.5, 0.6) is 0 Å². The molecule has 18 heavy (non-hydrogen) atoms. The van der Waals surface area contributed by atoms with Gasteiger partial charge in [0.15, 0.2) is 0 Å². The molecule has 0 radical (unpaired) electrons. The van der Waals surface area contributed by atoms with Crippen molar-refractivity contribution in [3.05, 3.63) is 0 Å². The fourth-order valence-electron chi connectivity index (χ4n) is 1.81. The van der Waals surface area contributed by atoms with Crippen LogP contribution in [-0.4, -0.2) is 41.5 Å². The topological polar surface area (TPSA) is 75.7 Å². The Hall–Kier alpha value is -1.43. The van der Waals surface area contributed by atoms with Crippen LogP contribution in [0, 0.1) is 5.41 Å². The number of barbiturate groups is 1. The van der Waals surface area contributed by atoms with E-state index in [-0.39, 0.29) is 6.54 Å². The minimum atomic E-state index is -1.23.